The molecule has 3 aliphatic heterocycles. The van der Waals surface area contributed by atoms with Crippen LogP contribution in [0.15, 0.2) is 24.3 Å². The molecule has 3 aliphatic rings. The number of rotatable bonds is 9. The minimum Gasteiger partial charge on any atom is -0.394 e. The van der Waals surface area contributed by atoms with Crippen molar-refractivity contribution >= 4 is 46.8 Å². The molecular formula is C26H36ClN3O4S. The van der Waals surface area contributed by atoms with Gasteiger partial charge in [-0.1, -0.05) is 50.9 Å². The zero-order valence-electron chi connectivity index (χ0n) is 20.8. The van der Waals surface area contributed by atoms with E-state index < -0.39 is 33.4 Å². The fourth-order valence-corrected chi connectivity index (χ4v) is 8.88. The first kappa shape index (κ1) is 26.3. The lowest BCUT2D eigenvalue weighted by Crippen LogP contribution is -2.56. The third-order valence-corrected chi connectivity index (χ3v) is 10.6. The lowest BCUT2D eigenvalue weighted by molar-refractivity contribution is -0.143. The van der Waals surface area contributed by atoms with Crippen LogP contribution in [0.2, 0.25) is 5.02 Å². The third-order valence-electron chi connectivity index (χ3n) is 8.27. The Labute approximate surface area is 216 Å². The Morgan fingerprint density at radius 2 is 1.97 bits per heavy atom. The topological polar surface area (TPSA) is 98.7 Å². The Kier molecular flexibility index (Phi) is 7.47. The fourth-order valence-electron chi connectivity index (χ4n) is 6.36. The van der Waals surface area contributed by atoms with Crippen molar-refractivity contribution < 1.29 is 19.5 Å². The molecule has 3 N–H and O–H groups in total. The van der Waals surface area contributed by atoms with Crippen LogP contribution in [-0.4, -0.2) is 62.5 Å². The Balaban J connectivity index is 1.79. The molecule has 3 saturated heterocycles. The highest BCUT2D eigenvalue weighted by Gasteiger charge is 2.77. The van der Waals surface area contributed by atoms with Gasteiger partial charge in [0.05, 0.1) is 39.9 Å². The maximum atomic E-state index is 14.2. The molecule has 1 spiro atoms. The molecule has 3 amide bonds. The van der Waals surface area contributed by atoms with Crippen LogP contribution < -0.4 is 10.6 Å². The number of aliphatic hydroxyl groups excluding tert-OH is 1. The molecule has 192 valence electrons. The van der Waals surface area contributed by atoms with Crippen LogP contribution in [0.5, 0.6) is 0 Å². The van der Waals surface area contributed by atoms with Gasteiger partial charge in [-0.25, -0.2) is 0 Å². The molecule has 0 aliphatic carbocycles. The van der Waals surface area contributed by atoms with E-state index in [1.54, 1.807) is 40.9 Å². The standard InChI is InChI=1S/C26H36ClN3O4S/c1-5-13-28-22(32)19-20-24(34)30(18(14-31)15(3)6-2)21(26(20)12-11-25(19,4)35-26)23(33)29-17-10-8-7-9-16(17)27/h7-10,15,18-21,31H,5-6,11-14H2,1-4H3,(H,28,32)(H,29,33)/t15-,18-,19+,20-,21?,25-,26?/m0/s1. The smallest absolute Gasteiger partial charge is 0.248 e. The lowest BCUT2D eigenvalue weighted by atomic mass is 9.66. The number of carbonyl (C=O) groups excluding carboxylic acids is 3. The highest BCUT2D eigenvalue weighted by atomic mass is 35.5. The largest absolute Gasteiger partial charge is 0.394 e. The molecule has 2 unspecified atom stereocenters. The van der Waals surface area contributed by atoms with Crippen LogP contribution in [0.4, 0.5) is 5.69 Å². The molecule has 7 nitrogen and oxygen atoms in total. The average molecular weight is 522 g/mol. The second kappa shape index (κ2) is 9.94. The highest BCUT2D eigenvalue weighted by molar-refractivity contribution is 8.02. The Morgan fingerprint density at radius 1 is 1.26 bits per heavy atom. The summed E-state index contributed by atoms with van der Waals surface area (Å²) in [5, 5.41) is 16.8. The van der Waals surface area contributed by atoms with E-state index in [0.717, 1.165) is 19.3 Å². The summed E-state index contributed by atoms with van der Waals surface area (Å²) in [5.41, 5.74) is 0.483. The Hall–Kier alpha value is -1.77. The van der Waals surface area contributed by atoms with Crippen molar-refractivity contribution in [1.29, 1.82) is 0 Å². The predicted octanol–water partition coefficient (Wildman–Crippen LogP) is 3.69. The molecule has 2 bridgehead atoms. The zero-order chi connectivity index (χ0) is 25.5. The minimum atomic E-state index is -0.807. The van der Waals surface area contributed by atoms with Gasteiger partial charge >= 0.3 is 0 Å². The predicted molar refractivity (Wildman–Crippen MR) is 139 cm³/mol. The normalized spacial score (nSPS) is 32.9. The van der Waals surface area contributed by atoms with Crippen molar-refractivity contribution in [2.75, 3.05) is 18.5 Å². The van der Waals surface area contributed by atoms with E-state index in [4.69, 9.17) is 11.6 Å². The van der Waals surface area contributed by atoms with Crippen molar-refractivity contribution in [2.24, 2.45) is 17.8 Å². The molecule has 0 aromatic heterocycles. The van der Waals surface area contributed by atoms with Crippen molar-refractivity contribution in [2.45, 2.75) is 75.0 Å². The number of likely N-dealkylation sites (tertiary alicyclic amines) is 1. The van der Waals surface area contributed by atoms with Crippen LogP contribution in [-0.2, 0) is 14.4 Å². The molecule has 35 heavy (non-hydrogen) atoms. The molecule has 4 rings (SSSR count). The van der Waals surface area contributed by atoms with Crippen LogP contribution >= 0.6 is 23.4 Å². The van der Waals surface area contributed by atoms with Gasteiger partial charge in [0, 0.05) is 11.3 Å². The summed E-state index contributed by atoms with van der Waals surface area (Å²) < 4.78 is -1.15. The molecule has 0 saturated carbocycles. The lowest BCUT2D eigenvalue weighted by Gasteiger charge is -2.39. The van der Waals surface area contributed by atoms with Gasteiger partial charge in [0.2, 0.25) is 17.7 Å². The molecule has 1 aromatic carbocycles. The number of amides is 3. The van der Waals surface area contributed by atoms with Crippen LogP contribution in [0.25, 0.3) is 0 Å². The van der Waals surface area contributed by atoms with E-state index in [1.807, 2.05) is 20.8 Å². The molecule has 7 atom stereocenters. The molecule has 0 radical (unpaired) electrons. The molecule has 1 aromatic rings. The van der Waals surface area contributed by atoms with E-state index in [1.165, 1.54) is 0 Å². The van der Waals surface area contributed by atoms with Crippen molar-refractivity contribution in [3.63, 3.8) is 0 Å². The van der Waals surface area contributed by atoms with E-state index in [0.29, 0.717) is 23.7 Å². The number of fused-ring (bicyclic) bond motifs is 1. The van der Waals surface area contributed by atoms with Crippen LogP contribution in [0, 0.1) is 17.8 Å². The Morgan fingerprint density at radius 3 is 2.60 bits per heavy atom. The van der Waals surface area contributed by atoms with E-state index in [9.17, 15) is 19.5 Å². The second-order valence-corrected chi connectivity index (χ2v) is 12.7. The van der Waals surface area contributed by atoms with Gasteiger partial charge in [-0.05, 0) is 44.2 Å². The summed E-state index contributed by atoms with van der Waals surface area (Å²) in [6.45, 7) is 8.35. The molecular weight excluding hydrogens is 486 g/mol. The van der Waals surface area contributed by atoms with Crippen molar-refractivity contribution in [3.05, 3.63) is 29.3 Å². The number of nitrogens with one attached hydrogen (secondary N) is 2. The summed E-state index contributed by atoms with van der Waals surface area (Å²) in [7, 11) is 0. The molecule has 9 heteroatoms. The fraction of sp³-hybridized carbons (Fsp3) is 0.654. The van der Waals surface area contributed by atoms with Gasteiger partial charge in [-0.3, -0.25) is 14.4 Å². The van der Waals surface area contributed by atoms with E-state index >= 15 is 0 Å². The van der Waals surface area contributed by atoms with Gasteiger partial charge < -0.3 is 20.6 Å². The number of hydrogen-bond donors (Lipinski definition) is 3. The average Bonchev–Trinajstić information content (AvgIpc) is 3.40. The monoisotopic (exact) mass is 521 g/mol. The number of nitrogens with zero attached hydrogens (tertiary/aromatic N) is 1. The number of anilines is 1. The van der Waals surface area contributed by atoms with Gasteiger partial charge in [-0.2, -0.15) is 0 Å². The summed E-state index contributed by atoms with van der Waals surface area (Å²) in [4.78, 5) is 43.1. The number of halogens is 1. The maximum absolute atomic E-state index is 14.2. The first-order chi connectivity index (χ1) is 16.6. The van der Waals surface area contributed by atoms with Crippen molar-refractivity contribution in [1.82, 2.24) is 10.2 Å². The van der Waals surface area contributed by atoms with Crippen LogP contribution in [0.1, 0.15) is 53.4 Å². The number of para-hydroxylation sites is 1. The quantitative estimate of drug-likeness (QED) is 0.460. The summed E-state index contributed by atoms with van der Waals surface area (Å²) >= 11 is 7.96. The third kappa shape index (κ3) is 4.15. The maximum Gasteiger partial charge on any atom is 0.248 e. The number of carbonyl (C=O) groups is 3. The van der Waals surface area contributed by atoms with Gasteiger partial charge in [0.15, 0.2) is 0 Å². The number of aliphatic hydroxyl groups is 1. The number of benzene rings is 1. The van der Waals surface area contributed by atoms with Crippen molar-refractivity contribution in [3.8, 4) is 0 Å². The summed E-state index contributed by atoms with van der Waals surface area (Å²) in [6.07, 6.45) is 2.97. The first-order valence-electron chi connectivity index (χ1n) is 12.6. The number of thioether (sulfide) groups is 1. The first-order valence-corrected chi connectivity index (χ1v) is 13.8. The number of hydrogen-bond acceptors (Lipinski definition) is 5. The highest BCUT2D eigenvalue weighted by Crippen LogP contribution is 2.71. The van der Waals surface area contributed by atoms with E-state index in [2.05, 4.69) is 17.6 Å². The molecule has 3 heterocycles. The zero-order valence-corrected chi connectivity index (χ0v) is 22.4. The van der Waals surface area contributed by atoms with Crippen LogP contribution in [0.3, 0.4) is 0 Å². The summed E-state index contributed by atoms with van der Waals surface area (Å²) in [6, 6.07) is 5.70. The summed E-state index contributed by atoms with van der Waals surface area (Å²) in [5.74, 6) is -1.77. The van der Waals surface area contributed by atoms with E-state index in [-0.39, 0.29) is 30.2 Å². The Bertz CT molecular complexity index is 1010. The van der Waals surface area contributed by atoms with Gasteiger partial charge in [0.25, 0.3) is 0 Å². The SMILES string of the molecule is CCCNC(=O)[C@H]1[C@H]2C(=O)N([C@@H](CO)[C@@H](C)CC)C(C(=O)Nc3ccccc3Cl)C23CC[C@]1(C)S3. The van der Waals surface area contributed by atoms with Gasteiger partial charge in [-0.15, -0.1) is 11.8 Å². The molecule has 3 fully saturated rings. The minimum absolute atomic E-state index is 0.0139. The van der Waals surface area contributed by atoms with Gasteiger partial charge in [0.1, 0.15) is 6.04 Å². The second-order valence-electron chi connectivity index (χ2n) is 10.4.